The SMILES string of the molecule is O=C1CC2c3cccc(F)c3C([C@H]1O)N2S(=O)(=O)c1ccc(C(F)(F)F)nc1. The third kappa shape index (κ3) is 2.65. The zero-order chi connectivity index (χ0) is 20.4. The van der Waals surface area contributed by atoms with Crippen LogP contribution in [0.1, 0.15) is 35.3 Å². The Labute approximate surface area is 156 Å². The van der Waals surface area contributed by atoms with E-state index in [-0.39, 0.29) is 17.5 Å². The molecule has 0 spiro atoms. The molecule has 0 saturated carbocycles. The minimum Gasteiger partial charge on any atom is -0.383 e. The van der Waals surface area contributed by atoms with Crippen LogP contribution in [-0.2, 0) is 21.0 Å². The maximum atomic E-state index is 14.4. The molecule has 28 heavy (non-hydrogen) atoms. The van der Waals surface area contributed by atoms with Crippen LogP contribution in [0, 0.1) is 5.82 Å². The van der Waals surface area contributed by atoms with Crippen LogP contribution >= 0.6 is 0 Å². The van der Waals surface area contributed by atoms with Gasteiger partial charge in [0.25, 0.3) is 0 Å². The van der Waals surface area contributed by atoms with Gasteiger partial charge >= 0.3 is 6.18 Å². The minimum absolute atomic E-state index is 0.103. The van der Waals surface area contributed by atoms with Crippen molar-refractivity contribution in [1.82, 2.24) is 9.29 Å². The van der Waals surface area contributed by atoms with Crippen LogP contribution in [0.25, 0.3) is 0 Å². The number of pyridine rings is 1. The van der Waals surface area contributed by atoms with Crippen molar-refractivity contribution in [3.05, 3.63) is 59.2 Å². The van der Waals surface area contributed by atoms with Gasteiger partial charge in [-0.3, -0.25) is 9.78 Å². The number of aliphatic hydroxyl groups excluding tert-OH is 1. The molecule has 0 amide bonds. The number of aromatic nitrogens is 1. The molecule has 0 radical (unpaired) electrons. The summed E-state index contributed by atoms with van der Waals surface area (Å²) in [5.74, 6) is -1.41. The number of hydrogen-bond donors (Lipinski definition) is 1. The lowest BCUT2D eigenvalue weighted by Gasteiger charge is -2.36. The number of sulfonamides is 1. The smallest absolute Gasteiger partial charge is 0.383 e. The number of carbonyl (C=O) groups is 1. The number of nitrogens with zero attached hydrogens (tertiary/aromatic N) is 2. The summed E-state index contributed by atoms with van der Waals surface area (Å²) >= 11 is 0. The molecule has 1 fully saturated rings. The summed E-state index contributed by atoms with van der Waals surface area (Å²) in [7, 11) is -4.48. The highest BCUT2D eigenvalue weighted by atomic mass is 32.2. The number of halogens is 4. The van der Waals surface area contributed by atoms with Crippen molar-refractivity contribution >= 4 is 15.8 Å². The van der Waals surface area contributed by atoms with Crippen molar-refractivity contribution in [1.29, 1.82) is 0 Å². The molecule has 6 nitrogen and oxygen atoms in total. The van der Waals surface area contributed by atoms with Gasteiger partial charge in [-0.1, -0.05) is 12.1 Å². The normalized spacial score (nSPS) is 25.0. The summed E-state index contributed by atoms with van der Waals surface area (Å²) < 4.78 is 79.5. The summed E-state index contributed by atoms with van der Waals surface area (Å²) in [5, 5.41) is 10.3. The van der Waals surface area contributed by atoms with Crippen LogP contribution in [0.3, 0.4) is 0 Å². The monoisotopic (exact) mass is 416 g/mol. The number of hydrogen-bond acceptors (Lipinski definition) is 5. The Kier molecular flexibility index (Phi) is 4.11. The fraction of sp³-hybridized carbons (Fsp3) is 0.294. The Hall–Kier alpha value is -2.37. The number of Topliss-reactive ketones (excluding diaryl/α,β-unsaturated/α-hetero) is 1. The van der Waals surface area contributed by atoms with E-state index in [1.165, 1.54) is 12.1 Å². The summed E-state index contributed by atoms with van der Waals surface area (Å²) in [6.45, 7) is 0. The van der Waals surface area contributed by atoms with Crippen LogP contribution in [0.4, 0.5) is 17.6 Å². The number of carbonyl (C=O) groups excluding carboxylic acids is 1. The second kappa shape index (κ2) is 6.06. The molecule has 1 N–H and O–H groups in total. The van der Waals surface area contributed by atoms with E-state index in [1.807, 2.05) is 0 Å². The van der Waals surface area contributed by atoms with Gasteiger partial charge in [-0.2, -0.15) is 17.5 Å². The first-order valence-corrected chi connectivity index (χ1v) is 9.53. The quantitative estimate of drug-likeness (QED) is 0.760. The van der Waals surface area contributed by atoms with Gasteiger partial charge in [-0.15, -0.1) is 0 Å². The minimum atomic E-state index is -4.74. The molecular formula is C17H12F4N2O4S. The Bertz CT molecular complexity index is 1070. The molecule has 2 bridgehead atoms. The van der Waals surface area contributed by atoms with Gasteiger partial charge in [-0.05, 0) is 23.8 Å². The molecule has 2 unspecified atom stereocenters. The van der Waals surface area contributed by atoms with E-state index >= 15 is 0 Å². The first-order chi connectivity index (χ1) is 13.0. The van der Waals surface area contributed by atoms with E-state index in [1.54, 1.807) is 0 Å². The van der Waals surface area contributed by atoms with E-state index in [0.29, 0.717) is 12.3 Å². The largest absolute Gasteiger partial charge is 0.433 e. The molecule has 2 aliphatic rings. The molecule has 1 aromatic carbocycles. The third-order valence-electron chi connectivity index (χ3n) is 4.95. The highest BCUT2D eigenvalue weighted by Gasteiger charge is 2.55. The first kappa shape index (κ1) is 19.0. The average Bonchev–Trinajstić information content (AvgIpc) is 2.91. The van der Waals surface area contributed by atoms with E-state index in [2.05, 4.69) is 4.98 Å². The standard InChI is InChI=1S/C17H12F4N2O4S/c18-10-3-1-2-9-11-6-12(24)16(25)15(14(9)10)23(11)28(26,27)8-4-5-13(22-7-8)17(19,20)21/h1-5,7,11,15-16,25H,6H2/t11?,15?,16-/m0/s1. The zero-order valence-electron chi connectivity index (χ0n) is 13.9. The second-order valence-electron chi connectivity index (χ2n) is 6.53. The van der Waals surface area contributed by atoms with Gasteiger partial charge in [0.2, 0.25) is 10.0 Å². The molecule has 11 heteroatoms. The molecule has 2 aromatic rings. The lowest BCUT2D eigenvalue weighted by atomic mass is 9.99. The predicted octanol–water partition coefficient (Wildman–Crippen LogP) is 2.36. The first-order valence-electron chi connectivity index (χ1n) is 8.09. The summed E-state index contributed by atoms with van der Waals surface area (Å²) in [5.41, 5.74) is -1.12. The van der Waals surface area contributed by atoms with Crippen LogP contribution in [0.15, 0.2) is 41.4 Å². The van der Waals surface area contributed by atoms with Gasteiger partial charge in [0.05, 0.1) is 12.1 Å². The maximum absolute atomic E-state index is 14.4. The van der Waals surface area contributed by atoms with Gasteiger partial charge in [0.1, 0.15) is 22.5 Å². The van der Waals surface area contributed by atoms with Crippen molar-refractivity contribution in [2.45, 2.75) is 35.7 Å². The van der Waals surface area contributed by atoms with Gasteiger partial charge < -0.3 is 5.11 Å². The summed E-state index contributed by atoms with van der Waals surface area (Å²) in [4.78, 5) is 14.7. The second-order valence-corrected chi connectivity index (χ2v) is 8.37. The van der Waals surface area contributed by atoms with Crippen molar-refractivity contribution < 1.29 is 35.9 Å². The van der Waals surface area contributed by atoms with Crippen molar-refractivity contribution in [3.63, 3.8) is 0 Å². The summed E-state index contributed by atoms with van der Waals surface area (Å²) in [6.07, 6.45) is -6.34. The zero-order valence-corrected chi connectivity index (χ0v) is 14.7. The van der Waals surface area contributed by atoms with Gasteiger partial charge in [0.15, 0.2) is 5.78 Å². The number of rotatable bonds is 2. The number of aliphatic hydroxyl groups is 1. The number of alkyl halides is 3. The average molecular weight is 416 g/mol. The topological polar surface area (TPSA) is 87.6 Å². The molecule has 0 aliphatic carbocycles. The number of ketones is 1. The molecule has 2 aliphatic heterocycles. The third-order valence-corrected chi connectivity index (χ3v) is 6.82. The number of fused-ring (bicyclic) bond motifs is 5. The molecule has 4 rings (SSSR count). The van der Waals surface area contributed by atoms with Gasteiger partial charge in [-0.25, -0.2) is 12.8 Å². The molecule has 1 saturated heterocycles. The van der Waals surface area contributed by atoms with Crippen molar-refractivity contribution in [2.24, 2.45) is 0 Å². The number of piperidine rings is 1. The molecule has 3 atom stereocenters. The van der Waals surface area contributed by atoms with E-state index in [9.17, 15) is 35.9 Å². The van der Waals surface area contributed by atoms with Crippen LogP contribution in [0.2, 0.25) is 0 Å². The van der Waals surface area contributed by atoms with Crippen LogP contribution in [-0.4, -0.2) is 34.7 Å². The Morgan fingerprint density at radius 2 is 1.89 bits per heavy atom. The Balaban J connectivity index is 1.83. The highest BCUT2D eigenvalue weighted by Crippen LogP contribution is 2.52. The van der Waals surface area contributed by atoms with Gasteiger partial charge in [0, 0.05) is 18.2 Å². The maximum Gasteiger partial charge on any atom is 0.433 e. The molecule has 148 valence electrons. The lowest BCUT2D eigenvalue weighted by Crippen LogP contribution is -2.46. The summed E-state index contributed by atoms with van der Waals surface area (Å²) in [6, 6.07) is 2.62. The fourth-order valence-electron chi connectivity index (χ4n) is 3.74. The molecule has 3 heterocycles. The van der Waals surface area contributed by atoms with Crippen molar-refractivity contribution in [3.8, 4) is 0 Å². The Morgan fingerprint density at radius 3 is 2.50 bits per heavy atom. The predicted molar refractivity (Wildman–Crippen MR) is 85.8 cm³/mol. The van der Waals surface area contributed by atoms with Crippen LogP contribution < -0.4 is 0 Å². The fourth-order valence-corrected chi connectivity index (χ4v) is 5.45. The van der Waals surface area contributed by atoms with E-state index in [0.717, 1.165) is 16.4 Å². The Morgan fingerprint density at radius 1 is 1.18 bits per heavy atom. The lowest BCUT2D eigenvalue weighted by molar-refractivity contribution is -0.141. The van der Waals surface area contributed by atoms with E-state index < -0.39 is 56.6 Å². The number of benzene rings is 1. The molecular weight excluding hydrogens is 404 g/mol. The van der Waals surface area contributed by atoms with E-state index in [4.69, 9.17) is 0 Å². The van der Waals surface area contributed by atoms with Crippen LogP contribution in [0.5, 0.6) is 0 Å². The highest BCUT2D eigenvalue weighted by molar-refractivity contribution is 7.89. The molecule has 1 aromatic heterocycles. The van der Waals surface area contributed by atoms with Crippen molar-refractivity contribution in [2.75, 3.05) is 0 Å².